The lowest BCUT2D eigenvalue weighted by Gasteiger charge is -2.13. The number of hydrogen-bond donors (Lipinski definition) is 0. The van der Waals surface area contributed by atoms with Gasteiger partial charge < -0.3 is 18.9 Å². The Kier molecular flexibility index (Phi) is 16.7. The van der Waals surface area contributed by atoms with Crippen LogP contribution in [0.4, 0.5) is 0 Å². The van der Waals surface area contributed by atoms with Crippen LogP contribution in [-0.4, -0.2) is 52.2 Å². The summed E-state index contributed by atoms with van der Waals surface area (Å²) in [7, 11) is 0. The Balaban J connectivity index is 3.36. The van der Waals surface area contributed by atoms with E-state index >= 15 is 0 Å². The molecule has 0 aromatic rings. The number of carbonyl (C=O) groups excluding carboxylic acids is 1. The van der Waals surface area contributed by atoms with Crippen LogP contribution in [0, 0.1) is 11.8 Å². The highest BCUT2D eigenvalue weighted by atomic mass is 16.6. The number of rotatable bonds is 17. The van der Waals surface area contributed by atoms with Crippen molar-refractivity contribution in [2.24, 2.45) is 11.8 Å². The number of carbonyl (C=O) groups is 1. The molecular weight excluding hydrogens is 308 g/mol. The van der Waals surface area contributed by atoms with Gasteiger partial charge in [0.2, 0.25) is 0 Å². The van der Waals surface area contributed by atoms with Gasteiger partial charge in [-0.1, -0.05) is 47.0 Å². The van der Waals surface area contributed by atoms with E-state index in [1.807, 2.05) is 6.92 Å². The van der Waals surface area contributed by atoms with E-state index in [1.54, 1.807) is 0 Å². The molecule has 24 heavy (non-hydrogen) atoms. The summed E-state index contributed by atoms with van der Waals surface area (Å²) in [6.45, 7) is 12.3. The van der Waals surface area contributed by atoms with Crippen molar-refractivity contribution in [1.29, 1.82) is 0 Å². The molecule has 0 fully saturated rings. The van der Waals surface area contributed by atoms with Gasteiger partial charge >= 0.3 is 5.97 Å². The molecule has 0 radical (unpaired) electrons. The van der Waals surface area contributed by atoms with Gasteiger partial charge in [0.15, 0.2) is 0 Å². The summed E-state index contributed by atoms with van der Waals surface area (Å²) < 4.78 is 21.6. The highest BCUT2D eigenvalue weighted by Gasteiger charge is 2.16. The van der Waals surface area contributed by atoms with Gasteiger partial charge in [0.05, 0.1) is 39.0 Å². The fraction of sp³-hybridized carbons (Fsp3) is 0.947. The third-order valence-electron chi connectivity index (χ3n) is 4.05. The molecule has 0 saturated carbocycles. The van der Waals surface area contributed by atoms with Gasteiger partial charge in [0.1, 0.15) is 6.61 Å². The molecule has 2 atom stereocenters. The monoisotopic (exact) mass is 346 g/mol. The Labute approximate surface area is 148 Å². The first-order chi connectivity index (χ1) is 11.7. The molecule has 2 unspecified atom stereocenters. The normalized spacial score (nSPS) is 13.7. The predicted octanol–water partition coefficient (Wildman–Crippen LogP) is 3.84. The summed E-state index contributed by atoms with van der Waals surface area (Å²) >= 11 is 0. The average Bonchev–Trinajstić information content (AvgIpc) is 2.59. The highest BCUT2D eigenvalue weighted by Crippen LogP contribution is 2.14. The Morgan fingerprint density at radius 1 is 0.833 bits per heavy atom. The number of ether oxygens (including phenoxy) is 4. The molecule has 0 aromatic carbocycles. The second-order valence-corrected chi connectivity index (χ2v) is 6.23. The number of unbranched alkanes of at least 4 members (excludes halogenated alkanes) is 1. The average molecular weight is 347 g/mol. The fourth-order valence-corrected chi connectivity index (χ4v) is 2.10. The molecule has 0 aromatic heterocycles. The van der Waals surface area contributed by atoms with Crippen LogP contribution < -0.4 is 0 Å². The third kappa shape index (κ3) is 13.8. The maximum Gasteiger partial charge on any atom is 0.308 e. The van der Waals surface area contributed by atoms with E-state index in [4.69, 9.17) is 18.9 Å². The van der Waals surface area contributed by atoms with Crippen molar-refractivity contribution in [3.63, 3.8) is 0 Å². The van der Waals surface area contributed by atoms with Gasteiger partial charge in [0.25, 0.3) is 0 Å². The zero-order chi connectivity index (χ0) is 18.0. The zero-order valence-corrected chi connectivity index (χ0v) is 16.2. The summed E-state index contributed by atoms with van der Waals surface area (Å²) in [6, 6.07) is 0. The van der Waals surface area contributed by atoms with Gasteiger partial charge in [-0.15, -0.1) is 0 Å². The van der Waals surface area contributed by atoms with Gasteiger partial charge in [-0.05, 0) is 18.8 Å². The van der Waals surface area contributed by atoms with Crippen LogP contribution in [0.2, 0.25) is 0 Å². The summed E-state index contributed by atoms with van der Waals surface area (Å²) in [5.41, 5.74) is 0. The quantitative estimate of drug-likeness (QED) is 0.296. The lowest BCUT2D eigenvalue weighted by atomic mass is 10.00. The first-order valence-corrected chi connectivity index (χ1v) is 9.55. The minimum absolute atomic E-state index is 0.0312. The van der Waals surface area contributed by atoms with Gasteiger partial charge in [-0.2, -0.15) is 0 Å². The maximum absolute atomic E-state index is 11.9. The summed E-state index contributed by atoms with van der Waals surface area (Å²) in [4.78, 5) is 11.9. The molecule has 0 aliphatic carbocycles. The largest absolute Gasteiger partial charge is 0.463 e. The Hall–Kier alpha value is -0.650. The van der Waals surface area contributed by atoms with Crippen LogP contribution in [0.5, 0.6) is 0 Å². The number of hydrogen-bond acceptors (Lipinski definition) is 5. The molecule has 0 aliphatic rings. The Morgan fingerprint density at radius 2 is 1.42 bits per heavy atom. The Bertz CT molecular complexity index is 283. The second kappa shape index (κ2) is 17.2. The zero-order valence-electron chi connectivity index (χ0n) is 16.2. The van der Waals surface area contributed by atoms with Crippen molar-refractivity contribution in [1.82, 2.24) is 0 Å². The smallest absolute Gasteiger partial charge is 0.308 e. The number of esters is 1. The van der Waals surface area contributed by atoms with Crippen LogP contribution in [-0.2, 0) is 23.7 Å². The molecule has 0 rings (SSSR count). The molecule has 0 N–H and O–H groups in total. The van der Waals surface area contributed by atoms with E-state index in [0.717, 1.165) is 38.7 Å². The SMILES string of the molecule is CCCCC(CC)C(=O)OCCOCCOCCOCC(C)CC. The topological polar surface area (TPSA) is 54.0 Å². The molecule has 0 spiro atoms. The highest BCUT2D eigenvalue weighted by molar-refractivity contribution is 5.72. The van der Waals surface area contributed by atoms with Crippen LogP contribution in [0.15, 0.2) is 0 Å². The van der Waals surface area contributed by atoms with E-state index in [-0.39, 0.29) is 11.9 Å². The van der Waals surface area contributed by atoms with Crippen molar-refractivity contribution in [3.8, 4) is 0 Å². The van der Waals surface area contributed by atoms with Crippen LogP contribution in [0.25, 0.3) is 0 Å². The van der Waals surface area contributed by atoms with Crippen molar-refractivity contribution in [2.75, 3.05) is 46.2 Å². The van der Waals surface area contributed by atoms with Crippen molar-refractivity contribution >= 4 is 5.97 Å². The molecule has 0 bridgehead atoms. The van der Waals surface area contributed by atoms with Crippen LogP contribution >= 0.6 is 0 Å². The van der Waals surface area contributed by atoms with Crippen molar-refractivity contribution < 1.29 is 23.7 Å². The minimum atomic E-state index is -0.0933. The predicted molar refractivity (Wildman–Crippen MR) is 96.2 cm³/mol. The third-order valence-corrected chi connectivity index (χ3v) is 4.05. The van der Waals surface area contributed by atoms with Gasteiger partial charge in [-0.25, -0.2) is 0 Å². The van der Waals surface area contributed by atoms with E-state index in [9.17, 15) is 4.79 Å². The molecule has 5 nitrogen and oxygen atoms in total. The van der Waals surface area contributed by atoms with Gasteiger partial charge in [-0.3, -0.25) is 4.79 Å². The maximum atomic E-state index is 11.9. The lowest BCUT2D eigenvalue weighted by molar-refractivity contribution is -0.150. The molecule has 0 saturated heterocycles. The first kappa shape index (κ1) is 23.4. The first-order valence-electron chi connectivity index (χ1n) is 9.55. The minimum Gasteiger partial charge on any atom is -0.463 e. The van der Waals surface area contributed by atoms with Crippen molar-refractivity contribution in [3.05, 3.63) is 0 Å². The summed E-state index contributed by atoms with van der Waals surface area (Å²) in [5, 5.41) is 0. The van der Waals surface area contributed by atoms with E-state index in [2.05, 4.69) is 20.8 Å². The molecule has 0 aliphatic heterocycles. The van der Waals surface area contributed by atoms with Crippen LogP contribution in [0.3, 0.4) is 0 Å². The molecule has 144 valence electrons. The molecular formula is C19H38O5. The lowest BCUT2D eigenvalue weighted by Crippen LogP contribution is -2.20. The molecule has 0 amide bonds. The van der Waals surface area contributed by atoms with Crippen LogP contribution in [0.1, 0.15) is 59.8 Å². The standard InChI is InChI=1S/C19H38O5/c1-5-8-9-18(7-3)19(20)24-15-14-22-11-10-21-12-13-23-16-17(4)6-2/h17-18H,5-16H2,1-4H3. The molecule has 5 heteroatoms. The van der Waals surface area contributed by atoms with Gasteiger partial charge in [0, 0.05) is 6.61 Å². The second-order valence-electron chi connectivity index (χ2n) is 6.23. The van der Waals surface area contributed by atoms with Crippen molar-refractivity contribution in [2.45, 2.75) is 59.8 Å². The molecule has 0 heterocycles. The fourth-order valence-electron chi connectivity index (χ4n) is 2.10. The van der Waals surface area contributed by atoms with E-state index < -0.39 is 0 Å². The summed E-state index contributed by atoms with van der Waals surface area (Å²) in [5.74, 6) is 0.540. The Morgan fingerprint density at radius 3 is 1.96 bits per heavy atom. The summed E-state index contributed by atoms with van der Waals surface area (Å²) in [6.07, 6.45) is 5.07. The van der Waals surface area contributed by atoms with E-state index in [0.29, 0.717) is 45.6 Å². The van der Waals surface area contributed by atoms with E-state index in [1.165, 1.54) is 0 Å².